The number of hydrogen-bond donors (Lipinski definition) is 2. The summed E-state index contributed by atoms with van der Waals surface area (Å²) in [6.45, 7) is 2.52. The number of rotatable bonds is 5. The summed E-state index contributed by atoms with van der Waals surface area (Å²) in [5.74, 6) is 0.452. The molecular formula is C18H18FN3OS. The number of aromatic amines is 1. The number of thioether (sulfide) groups is 1. The SMILES string of the molecule is CSCCNC(=O)c1cc2c(-c3cccc(F)c3)n[nH]c2cc1C. The predicted molar refractivity (Wildman–Crippen MR) is 96.9 cm³/mol. The lowest BCUT2D eigenvalue weighted by atomic mass is 10.0. The van der Waals surface area contributed by atoms with Crippen LogP contribution in [0.2, 0.25) is 0 Å². The normalized spacial score (nSPS) is 11.0. The Morgan fingerprint density at radius 1 is 1.33 bits per heavy atom. The fourth-order valence-corrected chi connectivity index (χ4v) is 2.94. The Morgan fingerprint density at radius 3 is 2.92 bits per heavy atom. The molecule has 3 aromatic rings. The number of nitrogens with zero attached hydrogens (tertiary/aromatic N) is 1. The number of carbonyl (C=O) groups excluding carboxylic acids is 1. The molecule has 0 bridgehead atoms. The number of hydrogen-bond acceptors (Lipinski definition) is 3. The molecule has 1 amide bonds. The van der Waals surface area contributed by atoms with E-state index in [4.69, 9.17) is 0 Å². The summed E-state index contributed by atoms with van der Waals surface area (Å²) >= 11 is 1.68. The van der Waals surface area contributed by atoms with Gasteiger partial charge in [0, 0.05) is 28.8 Å². The Bertz CT molecular complexity index is 891. The molecule has 0 aliphatic rings. The average molecular weight is 343 g/mol. The highest BCUT2D eigenvalue weighted by atomic mass is 32.2. The van der Waals surface area contributed by atoms with E-state index in [-0.39, 0.29) is 11.7 Å². The molecule has 1 aromatic heterocycles. The van der Waals surface area contributed by atoms with Crippen molar-refractivity contribution in [3.05, 3.63) is 53.3 Å². The Labute approximate surface area is 143 Å². The minimum absolute atomic E-state index is 0.102. The molecule has 4 nitrogen and oxygen atoms in total. The Kier molecular flexibility index (Phi) is 4.85. The smallest absolute Gasteiger partial charge is 0.251 e. The summed E-state index contributed by atoms with van der Waals surface area (Å²) in [5.41, 5.74) is 3.63. The van der Waals surface area contributed by atoms with Gasteiger partial charge in [0.25, 0.3) is 5.91 Å². The molecular weight excluding hydrogens is 325 g/mol. The van der Waals surface area contributed by atoms with E-state index in [1.165, 1.54) is 12.1 Å². The zero-order chi connectivity index (χ0) is 17.1. The van der Waals surface area contributed by atoms with Crippen LogP contribution < -0.4 is 5.32 Å². The highest BCUT2D eigenvalue weighted by molar-refractivity contribution is 7.98. The molecule has 24 heavy (non-hydrogen) atoms. The molecule has 6 heteroatoms. The van der Waals surface area contributed by atoms with E-state index in [0.29, 0.717) is 23.4 Å². The van der Waals surface area contributed by atoms with Crippen LogP contribution in [0.15, 0.2) is 36.4 Å². The van der Waals surface area contributed by atoms with Crippen LogP contribution in [0.25, 0.3) is 22.2 Å². The number of aryl methyl sites for hydroxylation is 1. The van der Waals surface area contributed by atoms with Crippen molar-refractivity contribution in [1.29, 1.82) is 0 Å². The first kappa shape index (κ1) is 16.5. The van der Waals surface area contributed by atoms with Gasteiger partial charge in [0.05, 0.1) is 5.52 Å². The van der Waals surface area contributed by atoms with Gasteiger partial charge in [0.2, 0.25) is 0 Å². The Hall–Kier alpha value is -2.34. The van der Waals surface area contributed by atoms with Crippen molar-refractivity contribution in [1.82, 2.24) is 15.5 Å². The fourth-order valence-electron chi connectivity index (χ4n) is 2.64. The number of aromatic nitrogens is 2. The van der Waals surface area contributed by atoms with E-state index in [1.54, 1.807) is 23.9 Å². The zero-order valence-electron chi connectivity index (χ0n) is 13.5. The van der Waals surface area contributed by atoms with E-state index in [2.05, 4.69) is 15.5 Å². The van der Waals surface area contributed by atoms with E-state index in [0.717, 1.165) is 22.2 Å². The number of H-pyrrole nitrogens is 1. The van der Waals surface area contributed by atoms with Crippen molar-refractivity contribution >= 4 is 28.6 Å². The summed E-state index contributed by atoms with van der Waals surface area (Å²) in [7, 11) is 0. The number of carbonyl (C=O) groups is 1. The number of nitrogens with one attached hydrogen (secondary N) is 2. The molecule has 3 rings (SSSR count). The van der Waals surface area contributed by atoms with Gasteiger partial charge in [-0.15, -0.1) is 0 Å². The summed E-state index contributed by atoms with van der Waals surface area (Å²) in [4.78, 5) is 12.4. The molecule has 0 atom stereocenters. The molecule has 0 aliphatic carbocycles. The largest absolute Gasteiger partial charge is 0.351 e. The number of amides is 1. The topological polar surface area (TPSA) is 57.8 Å². The predicted octanol–water partition coefficient (Wildman–Crippen LogP) is 3.77. The summed E-state index contributed by atoms with van der Waals surface area (Å²) in [6, 6.07) is 10.0. The molecule has 2 aromatic carbocycles. The summed E-state index contributed by atoms with van der Waals surface area (Å²) in [5, 5.41) is 11.0. The lowest BCUT2D eigenvalue weighted by Crippen LogP contribution is -2.26. The molecule has 124 valence electrons. The van der Waals surface area contributed by atoms with Gasteiger partial charge in [0.1, 0.15) is 11.5 Å². The monoisotopic (exact) mass is 343 g/mol. The number of halogens is 1. The molecule has 2 N–H and O–H groups in total. The highest BCUT2D eigenvalue weighted by Gasteiger charge is 2.15. The van der Waals surface area contributed by atoms with E-state index in [9.17, 15) is 9.18 Å². The maximum absolute atomic E-state index is 13.5. The van der Waals surface area contributed by atoms with Crippen molar-refractivity contribution in [3.63, 3.8) is 0 Å². The molecule has 0 spiro atoms. The third kappa shape index (κ3) is 3.28. The van der Waals surface area contributed by atoms with Crippen molar-refractivity contribution in [3.8, 4) is 11.3 Å². The van der Waals surface area contributed by atoms with Crippen molar-refractivity contribution in [2.75, 3.05) is 18.6 Å². The van der Waals surface area contributed by atoms with Gasteiger partial charge in [-0.2, -0.15) is 16.9 Å². The zero-order valence-corrected chi connectivity index (χ0v) is 14.3. The maximum Gasteiger partial charge on any atom is 0.251 e. The molecule has 0 saturated carbocycles. The van der Waals surface area contributed by atoms with Gasteiger partial charge in [-0.25, -0.2) is 4.39 Å². The van der Waals surface area contributed by atoms with Gasteiger partial charge in [-0.1, -0.05) is 12.1 Å². The number of fused-ring (bicyclic) bond motifs is 1. The first-order chi connectivity index (χ1) is 11.6. The van der Waals surface area contributed by atoms with E-state index < -0.39 is 0 Å². The quantitative estimate of drug-likeness (QED) is 0.693. The van der Waals surface area contributed by atoms with Gasteiger partial charge >= 0.3 is 0 Å². The molecule has 0 aliphatic heterocycles. The minimum atomic E-state index is -0.314. The fraction of sp³-hybridized carbons (Fsp3) is 0.222. The second-order valence-electron chi connectivity index (χ2n) is 5.54. The second-order valence-corrected chi connectivity index (χ2v) is 6.53. The van der Waals surface area contributed by atoms with Crippen LogP contribution in [0.3, 0.4) is 0 Å². The molecule has 0 unspecified atom stereocenters. The Balaban J connectivity index is 2.02. The molecule has 0 fully saturated rings. The summed E-state index contributed by atoms with van der Waals surface area (Å²) < 4.78 is 13.5. The standard InChI is InChI=1S/C18H18FN3OS/c1-11-8-16-15(10-14(11)18(23)20-6-7-24-2)17(22-21-16)12-4-3-5-13(19)9-12/h3-5,8-10H,6-7H2,1-2H3,(H,20,23)(H,21,22). The van der Waals surface area contributed by atoms with Gasteiger partial charge < -0.3 is 5.32 Å². The summed E-state index contributed by atoms with van der Waals surface area (Å²) in [6.07, 6.45) is 2.00. The van der Waals surface area contributed by atoms with Crippen LogP contribution in [0, 0.1) is 12.7 Å². The lowest BCUT2D eigenvalue weighted by molar-refractivity contribution is 0.0955. The Morgan fingerprint density at radius 2 is 2.17 bits per heavy atom. The van der Waals surface area contributed by atoms with E-state index in [1.807, 2.05) is 25.3 Å². The number of benzene rings is 2. The lowest BCUT2D eigenvalue weighted by Gasteiger charge is -2.08. The average Bonchev–Trinajstić information content (AvgIpc) is 2.96. The van der Waals surface area contributed by atoms with Crippen LogP contribution in [-0.4, -0.2) is 34.7 Å². The second kappa shape index (κ2) is 7.05. The highest BCUT2D eigenvalue weighted by Crippen LogP contribution is 2.28. The van der Waals surface area contributed by atoms with Crippen LogP contribution in [-0.2, 0) is 0 Å². The minimum Gasteiger partial charge on any atom is -0.351 e. The van der Waals surface area contributed by atoms with Gasteiger partial charge in [-0.3, -0.25) is 9.89 Å². The van der Waals surface area contributed by atoms with Crippen LogP contribution >= 0.6 is 11.8 Å². The van der Waals surface area contributed by atoms with Crippen molar-refractivity contribution in [2.24, 2.45) is 0 Å². The third-order valence-electron chi connectivity index (χ3n) is 3.84. The van der Waals surface area contributed by atoms with Crippen molar-refractivity contribution < 1.29 is 9.18 Å². The maximum atomic E-state index is 13.5. The molecule has 0 radical (unpaired) electrons. The molecule has 0 saturated heterocycles. The first-order valence-corrected chi connectivity index (χ1v) is 9.01. The van der Waals surface area contributed by atoms with Crippen LogP contribution in [0.5, 0.6) is 0 Å². The third-order valence-corrected chi connectivity index (χ3v) is 4.45. The van der Waals surface area contributed by atoms with Gasteiger partial charge in [-0.05, 0) is 43.0 Å². The van der Waals surface area contributed by atoms with Crippen LogP contribution in [0.1, 0.15) is 15.9 Å². The van der Waals surface area contributed by atoms with Crippen molar-refractivity contribution in [2.45, 2.75) is 6.92 Å². The van der Waals surface area contributed by atoms with Gasteiger partial charge in [0.15, 0.2) is 0 Å². The molecule has 1 heterocycles. The first-order valence-electron chi connectivity index (χ1n) is 7.62. The van der Waals surface area contributed by atoms with Crippen LogP contribution in [0.4, 0.5) is 4.39 Å². The van der Waals surface area contributed by atoms with E-state index >= 15 is 0 Å².